The van der Waals surface area contributed by atoms with Crippen molar-refractivity contribution >= 4 is 11.9 Å². The van der Waals surface area contributed by atoms with E-state index in [0.29, 0.717) is 5.92 Å². The summed E-state index contributed by atoms with van der Waals surface area (Å²) in [6, 6.07) is 0.0301. The van der Waals surface area contributed by atoms with Gasteiger partial charge in [-0.05, 0) is 25.7 Å². The van der Waals surface area contributed by atoms with Crippen LogP contribution in [0.4, 0.5) is 0 Å². The van der Waals surface area contributed by atoms with Crippen molar-refractivity contribution < 1.29 is 19.8 Å². The summed E-state index contributed by atoms with van der Waals surface area (Å²) in [7, 11) is 0. The fourth-order valence-electron chi connectivity index (χ4n) is 2.61. The Morgan fingerprint density at radius 3 is 2.00 bits per heavy atom. The average molecular weight is 243 g/mol. The Labute approximate surface area is 101 Å². The van der Waals surface area contributed by atoms with Crippen molar-refractivity contribution in [1.82, 2.24) is 4.90 Å². The second-order valence-corrected chi connectivity index (χ2v) is 4.83. The maximum Gasteiger partial charge on any atom is 0.317 e. The van der Waals surface area contributed by atoms with Crippen molar-refractivity contribution in [1.29, 1.82) is 0 Å². The first kappa shape index (κ1) is 14.0. The van der Waals surface area contributed by atoms with Gasteiger partial charge >= 0.3 is 11.9 Å². The molecule has 1 fully saturated rings. The smallest absolute Gasteiger partial charge is 0.317 e. The Bertz CT molecular complexity index is 258. The molecule has 2 N–H and O–H groups in total. The lowest BCUT2D eigenvalue weighted by atomic mass is 9.84. The van der Waals surface area contributed by atoms with Gasteiger partial charge in [-0.15, -0.1) is 0 Å². The molecule has 1 rings (SSSR count). The number of carboxylic acid groups (broad SMARTS) is 2. The van der Waals surface area contributed by atoms with Gasteiger partial charge in [-0.3, -0.25) is 14.5 Å². The average Bonchev–Trinajstić information content (AvgIpc) is 2.27. The van der Waals surface area contributed by atoms with Crippen LogP contribution in [-0.4, -0.2) is 46.2 Å². The predicted octanol–water partition coefficient (Wildman–Crippen LogP) is 1.43. The first-order chi connectivity index (χ1) is 8.00. The number of carbonyl (C=O) groups is 2. The van der Waals surface area contributed by atoms with Crippen molar-refractivity contribution in [3.8, 4) is 0 Å². The lowest BCUT2D eigenvalue weighted by Crippen LogP contribution is -2.44. The van der Waals surface area contributed by atoms with E-state index in [2.05, 4.69) is 0 Å². The summed E-state index contributed by atoms with van der Waals surface area (Å²) in [6.45, 7) is 1.57. The molecule has 0 aromatic carbocycles. The van der Waals surface area contributed by atoms with Gasteiger partial charge in [-0.2, -0.15) is 0 Å². The number of hydrogen-bond donors (Lipinski definition) is 2. The minimum Gasteiger partial charge on any atom is -0.480 e. The number of rotatable bonds is 6. The largest absolute Gasteiger partial charge is 0.480 e. The highest BCUT2D eigenvalue weighted by Crippen LogP contribution is 2.28. The summed E-state index contributed by atoms with van der Waals surface area (Å²) in [4.78, 5) is 23.0. The molecule has 5 heteroatoms. The van der Waals surface area contributed by atoms with Crippen LogP contribution in [0.3, 0.4) is 0 Å². The van der Waals surface area contributed by atoms with E-state index in [0.717, 1.165) is 12.8 Å². The highest BCUT2D eigenvalue weighted by atomic mass is 16.4. The molecule has 1 aliphatic rings. The van der Waals surface area contributed by atoms with Crippen molar-refractivity contribution in [2.75, 3.05) is 13.1 Å². The van der Waals surface area contributed by atoms with Gasteiger partial charge in [0.15, 0.2) is 0 Å². The fourth-order valence-corrected chi connectivity index (χ4v) is 2.61. The Morgan fingerprint density at radius 1 is 1.12 bits per heavy atom. The first-order valence-corrected chi connectivity index (χ1v) is 6.18. The van der Waals surface area contributed by atoms with Gasteiger partial charge in [0.1, 0.15) is 0 Å². The van der Waals surface area contributed by atoms with E-state index in [4.69, 9.17) is 10.2 Å². The molecule has 1 atom stereocenters. The van der Waals surface area contributed by atoms with Gasteiger partial charge in [0.05, 0.1) is 13.1 Å². The zero-order chi connectivity index (χ0) is 12.8. The van der Waals surface area contributed by atoms with E-state index in [9.17, 15) is 9.59 Å². The summed E-state index contributed by atoms with van der Waals surface area (Å²) in [5.74, 6) is -1.50. The highest BCUT2D eigenvalue weighted by Gasteiger charge is 2.27. The molecule has 0 heterocycles. The topological polar surface area (TPSA) is 77.8 Å². The quantitative estimate of drug-likeness (QED) is 0.737. The molecule has 0 aromatic rings. The second kappa shape index (κ2) is 6.59. The van der Waals surface area contributed by atoms with Crippen molar-refractivity contribution in [2.45, 2.75) is 45.1 Å². The maximum absolute atomic E-state index is 10.7. The molecule has 0 aromatic heterocycles. The van der Waals surface area contributed by atoms with E-state index >= 15 is 0 Å². The van der Waals surface area contributed by atoms with E-state index in [1.807, 2.05) is 6.92 Å². The molecular weight excluding hydrogens is 222 g/mol. The van der Waals surface area contributed by atoms with Gasteiger partial charge in [0.2, 0.25) is 0 Å². The van der Waals surface area contributed by atoms with Gasteiger partial charge in [0, 0.05) is 6.04 Å². The molecule has 17 heavy (non-hydrogen) atoms. The molecule has 0 saturated heterocycles. The fraction of sp³-hybridized carbons (Fsp3) is 0.833. The van der Waals surface area contributed by atoms with Gasteiger partial charge in [-0.25, -0.2) is 0 Å². The van der Waals surface area contributed by atoms with Crippen LogP contribution >= 0.6 is 0 Å². The lowest BCUT2D eigenvalue weighted by molar-refractivity contribution is -0.143. The molecule has 5 nitrogen and oxygen atoms in total. The van der Waals surface area contributed by atoms with E-state index in [1.165, 1.54) is 19.3 Å². The molecular formula is C12H21NO4. The normalized spacial score (nSPS) is 19.2. The van der Waals surface area contributed by atoms with E-state index in [1.54, 1.807) is 4.90 Å². The number of nitrogens with zero attached hydrogens (tertiary/aromatic N) is 1. The third-order valence-corrected chi connectivity index (χ3v) is 3.58. The Kier molecular flexibility index (Phi) is 5.41. The van der Waals surface area contributed by atoms with Crippen LogP contribution in [0.25, 0.3) is 0 Å². The highest BCUT2D eigenvalue weighted by molar-refractivity contribution is 5.72. The SMILES string of the molecule is C[C@H](C1CCCCC1)N(CC(=O)O)CC(=O)O. The standard InChI is InChI=1S/C12H21NO4/c1-9(10-5-3-2-4-6-10)13(7-11(14)15)8-12(16)17/h9-10H,2-8H2,1H3,(H,14,15)(H,16,17)/t9-/m1/s1. The van der Waals surface area contributed by atoms with Crippen LogP contribution in [0.2, 0.25) is 0 Å². The second-order valence-electron chi connectivity index (χ2n) is 4.83. The maximum atomic E-state index is 10.7. The van der Waals surface area contributed by atoms with Gasteiger partial charge in [-0.1, -0.05) is 19.3 Å². The van der Waals surface area contributed by atoms with Crippen LogP contribution in [0.1, 0.15) is 39.0 Å². The molecule has 0 bridgehead atoms. The first-order valence-electron chi connectivity index (χ1n) is 6.18. The Hall–Kier alpha value is -1.10. The number of aliphatic carboxylic acids is 2. The molecule has 1 aliphatic carbocycles. The minimum absolute atomic E-state index is 0.0301. The van der Waals surface area contributed by atoms with Gasteiger partial charge in [0.25, 0.3) is 0 Å². The predicted molar refractivity (Wildman–Crippen MR) is 62.9 cm³/mol. The van der Waals surface area contributed by atoms with Crippen LogP contribution in [-0.2, 0) is 9.59 Å². The Morgan fingerprint density at radius 2 is 1.59 bits per heavy atom. The van der Waals surface area contributed by atoms with E-state index in [-0.39, 0.29) is 19.1 Å². The summed E-state index contributed by atoms with van der Waals surface area (Å²) in [6.07, 6.45) is 5.74. The van der Waals surface area contributed by atoms with E-state index < -0.39 is 11.9 Å². The Balaban J connectivity index is 2.59. The molecule has 0 amide bonds. The molecule has 1 saturated carbocycles. The van der Waals surface area contributed by atoms with Crippen molar-refractivity contribution in [2.24, 2.45) is 5.92 Å². The summed E-state index contributed by atoms with van der Waals surface area (Å²) < 4.78 is 0. The molecule has 0 aliphatic heterocycles. The third-order valence-electron chi connectivity index (χ3n) is 3.58. The third kappa shape index (κ3) is 4.73. The molecule has 0 spiro atoms. The van der Waals surface area contributed by atoms with Crippen LogP contribution < -0.4 is 0 Å². The minimum atomic E-state index is -0.964. The zero-order valence-corrected chi connectivity index (χ0v) is 10.3. The monoisotopic (exact) mass is 243 g/mol. The number of hydrogen-bond acceptors (Lipinski definition) is 3. The van der Waals surface area contributed by atoms with Crippen LogP contribution in [0.5, 0.6) is 0 Å². The van der Waals surface area contributed by atoms with Crippen molar-refractivity contribution in [3.63, 3.8) is 0 Å². The van der Waals surface area contributed by atoms with Crippen LogP contribution in [0, 0.1) is 5.92 Å². The molecule has 0 radical (unpaired) electrons. The summed E-state index contributed by atoms with van der Waals surface area (Å²) in [5.41, 5.74) is 0. The van der Waals surface area contributed by atoms with Gasteiger partial charge < -0.3 is 10.2 Å². The van der Waals surface area contributed by atoms with Crippen molar-refractivity contribution in [3.05, 3.63) is 0 Å². The lowest BCUT2D eigenvalue weighted by Gasteiger charge is -2.34. The molecule has 0 unspecified atom stereocenters. The zero-order valence-electron chi connectivity index (χ0n) is 10.3. The molecule has 98 valence electrons. The summed E-state index contributed by atoms with van der Waals surface area (Å²) in [5, 5.41) is 17.6. The summed E-state index contributed by atoms with van der Waals surface area (Å²) >= 11 is 0. The van der Waals surface area contributed by atoms with Crippen LogP contribution in [0.15, 0.2) is 0 Å². The number of carboxylic acids is 2.